The fourth-order valence-corrected chi connectivity index (χ4v) is 2.60. The Bertz CT molecular complexity index is 569. The number of anilines is 1. The zero-order valence-corrected chi connectivity index (χ0v) is 12.0. The molecule has 1 N–H and O–H groups in total. The van der Waals surface area contributed by atoms with Gasteiger partial charge in [0.25, 0.3) is 0 Å². The predicted octanol–water partition coefficient (Wildman–Crippen LogP) is 3.06. The van der Waals surface area contributed by atoms with Crippen LogP contribution in [0.2, 0.25) is 0 Å². The second kappa shape index (κ2) is 6.48. The highest BCUT2D eigenvalue weighted by Gasteiger charge is 2.17. The summed E-state index contributed by atoms with van der Waals surface area (Å²) in [5, 5.41) is 3.29. The molecule has 0 bridgehead atoms. The summed E-state index contributed by atoms with van der Waals surface area (Å²) in [6.45, 7) is 2.50. The number of furan rings is 1. The summed E-state index contributed by atoms with van der Waals surface area (Å²) in [4.78, 5) is 14.0. The smallest absolute Gasteiger partial charge is 0.226 e. The first kappa shape index (κ1) is 13.7. The van der Waals surface area contributed by atoms with Gasteiger partial charge in [0.05, 0.1) is 19.2 Å². The molecule has 3 rings (SSSR count). The average molecular weight is 284 g/mol. The Morgan fingerprint density at radius 1 is 1.14 bits per heavy atom. The molecule has 1 aliphatic heterocycles. The van der Waals surface area contributed by atoms with Gasteiger partial charge in [0, 0.05) is 18.8 Å². The quantitative estimate of drug-likeness (QED) is 0.918. The van der Waals surface area contributed by atoms with Crippen molar-refractivity contribution in [3.05, 3.63) is 54.0 Å². The van der Waals surface area contributed by atoms with Crippen LogP contribution in [0.3, 0.4) is 0 Å². The van der Waals surface area contributed by atoms with Gasteiger partial charge in [0.2, 0.25) is 5.91 Å². The van der Waals surface area contributed by atoms with Crippen LogP contribution in [0.1, 0.15) is 24.2 Å². The number of nitrogens with zero attached hydrogens (tertiary/aromatic N) is 1. The van der Waals surface area contributed by atoms with Crippen molar-refractivity contribution in [2.75, 3.05) is 18.4 Å². The summed E-state index contributed by atoms with van der Waals surface area (Å²) in [6, 6.07) is 11.9. The van der Waals surface area contributed by atoms with E-state index < -0.39 is 0 Å². The van der Waals surface area contributed by atoms with Gasteiger partial charge in [0.1, 0.15) is 5.76 Å². The van der Waals surface area contributed by atoms with Gasteiger partial charge in [-0.05, 0) is 42.7 Å². The van der Waals surface area contributed by atoms with Crippen molar-refractivity contribution in [1.82, 2.24) is 4.90 Å². The molecule has 110 valence electrons. The fraction of sp³-hybridized carbons (Fsp3) is 0.353. The second-order valence-electron chi connectivity index (χ2n) is 5.39. The van der Waals surface area contributed by atoms with E-state index in [4.69, 9.17) is 4.42 Å². The molecule has 1 amide bonds. The van der Waals surface area contributed by atoms with Crippen LogP contribution in [0.5, 0.6) is 0 Å². The molecule has 2 heterocycles. The zero-order chi connectivity index (χ0) is 14.5. The summed E-state index contributed by atoms with van der Waals surface area (Å²) >= 11 is 0. The van der Waals surface area contributed by atoms with E-state index in [1.165, 1.54) is 0 Å². The van der Waals surface area contributed by atoms with E-state index in [2.05, 4.69) is 5.32 Å². The largest absolute Gasteiger partial charge is 0.467 e. The Kier molecular flexibility index (Phi) is 4.24. The lowest BCUT2D eigenvalue weighted by Crippen LogP contribution is -2.29. The number of likely N-dealkylation sites (tertiary alicyclic amines) is 1. The molecule has 1 fully saturated rings. The van der Waals surface area contributed by atoms with E-state index in [-0.39, 0.29) is 5.91 Å². The van der Waals surface area contributed by atoms with Crippen molar-refractivity contribution in [2.24, 2.45) is 0 Å². The molecule has 0 unspecified atom stereocenters. The van der Waals surface area contributed by atoms with Gasteiger partial charge in [-0.1, -0.05) is 12.1 Å². The highest BCUT2D eigenvalue weighted by atomic mass is 16.3. The molecule has 1 saturated heterocycles. The van der Waals surface area contributed by atoms with Crippen molar-refractivity contribution < 1.29 is 9.21 Å². The van der Waals surface area contributed by atoms with Gasteiger partial charge >= 0.3 is 0 Å². The third-order valence-electron chi connectivity index (χ3n) is 3.81. The van der Waals surface area contributed by atoms with Gasteiger partial charge < -0.3 is 14.6 Å². The Morgan fingerprint density at radius 3 is 2.57 bits per heavy atom. The van der Waals surface area contributed by atoms with Crippen molar-refractivity contribution in [2.45, 2.75) is 25.8 Å². The van der Waals surface area contributed by atoms with Crippen LogP contribution < -0.4 is 5.32 Å². The zero-order valence-electron chi connectivity index (χ0n) is 12.0. The monoisotopic (exact) mass is 284 g/mol. The van der Waals surface area contributed by atoms with E-state index in [9.17, 15) is 4.79 Å². The molecule has 4 heteroatoms. The van der Waals surface area contributed by atoms with Crippen LogP contribution in [0.4, 0.5) is 5.69 Å². The maximum absolute atomic E-state index is 12.1. The molecule has 2 aromatic rings. The first-order chi connectivity index (χ1) is 10.3. The third kappa shape index (κ3) is 3.66. The van der Waals surface area contributed by atoms with Crippen LogP contribution in [0.15, 0.2) is 47.1 Å². The Labute approximate surface area is 124 Å². The Balaban J connectivity index is 1.52. The lowest BCUT2D eigenvalue weighted by atomic mass is 10.1. The number of nitrogens with one attached hydrogen (secondary N) is 1. The molecular formula is C17H20N2O2. The topological polar surface area (TPSA) is 45.5 Å². The summed E-state index contributed by atoms with van der Waals surface area (Å²) in [7, 11) is 0. The Hall–Kier alpha value is -2.23. The van der Waals surface area contributed by atoms with Gasteiger partial charge in [-0.3, -0.25) is 4.79 Å². The number of benzene rings is 1. The van der Waals surface area contributed by atoms with Crippen molar-refractivity contribution in [3.8, 4) is 0 Å². The van der Waals surface area contributed by atoms with Crippen molar-refractivity contribution in [3.63, 3.8) is 0 Å². The van der Waals surface area contributed by atoms with Gasteiger partial charge in [-0.2, -0.15) is 0 Å². The molecule has 0 radical (unpaired) electrons. The normalized spacial score (nSPS) is 14.4. The predicted molar refractivity (Wildman–Crippen MR) is 82.0 cm³/mol. The first-order valence-electron chi connectivity index (χ1n) is 7.44. The standard InChI is InChI=1S/C17H20N2O2/c20-17(19-9-1-2-10-19)12-14-5-7-15(8-6-14)18-13-16-4-3-11-21-16/h3-8,11,18H,1-2,9-10,12-13H2. The number of hydrogen-bond acceptors (Lipinski definition) is 3. The molecule has 1 aliphatic rings. The molecule has 1 aromatic carbocycles. The lowest BCUT2D eigenvalue weighted by molar-refractivity contribution is -0.129. The van der Waals surface area contributed by atoms with Crippen LogP contribution >= 0.6 is 0 Å². The summed E-state index contributed by atoms with van der Waals surface area (Å²) in [5.41, 5.74) is 2.10. The highest BCUT2D eigenvalue weighted by molar-refractivity contribution is 5.79. The summed E-state index contributed by atoms with van der Waals surface area (Å²) in [5.74, 6) is 1.15. The van der Waals surface area contributed by atoms with Crippen molar-refractivity contribution >= 4 is 11.6 Å². The van der Waals surface area contributed by atoms with Crippen LogP contribution in [0.25, 0.3) is 0 Å². The minimum absolute atomic E-state index is 0.240. The van der Waals surface area contributed by atoms with E-state index in [0.29, 0.717) is 13.0 Å². The molecule has 0 aliphatic carbocycles. The fourth-order valence-electron chi connectivity index (χ4n) is 2.60. The van der Waals surface area contributed by atoms with Crippen LogP contribution in [-0.2, 0) is 17.8 Å². The third-order valence-corrected chi connectivity index (χ3v) is 3.81. The number of carbonyl (C=O) groups excluding carboxylic acids is 1. The van der Waals surface area contributed by atoms with E-state index in [1.807, 2.05) is 41.3 Å². The minimum Gasteiger partial charge on any atom is -0.467 e. The molecule has 0 spiro atoms. The molecule has 21 heavy (non-hydrogen) atoms. The Morgan fingerprint density at radius 2 is 1.90 bits per heavy atom. The summed E-state index contributed by atoms with van der Waals surface area (Å²) < 4.78 is 5.28. The van der Waals surface area contributed by atoms with E-state index in [0.717, 1.165) is 42.9 Å². The molecule has 0 saturated carbocycles. The van der Waals surface area contributed by atoms with E-state index >= 15 is 0 Å². The maximum Gasteiger partial charge on any atom is 0.226 e. The average Bonchev–Trinajstić information content (AvgIpc) is 3.20. The number of carbonyl (C=O) groups is 1. The number of amides is 1. The lowest BCUT2D eigenvalue weighted by Gasteiger charge is -2.15. The second-order valence-corrected chi connectivity index (χ2v) is 5.39. The van der Waals surface area contributed by atoms with Gasteiger partial charge in [0.15, 0.2) is 0 Å². The van der Waals surface area contributed by atoms with Gasteiger partial charge in [-0.15, -0.1) is 0 Å². The van der Waals surface area contributed by atoms with E-state index in [1.54, 1.807) is 6.26 Å². The molecule has 0 atom stereocenters. The molecule has 4 nitrogen and oxygen atoms in total. The minimum atomic E-state index is 0.240. The van der Waals surface area contributed by atoms with Gasteiger partial charge in [-0.25, -0.2) is 0 Å². The van der Waals surface area contributed by atoms with Crippen LogP contribution in [0, 0.1) is 0 Å². The summed E-state index contributed by atoms with van der Waals surface area (Å²) in [6.07, 6.45) is 4.45. The van der Waals surface area contributed by atoms with Crippen LogP contribution in [-0.4, -0.2) is 23.9 Å². The SMILES string of the molecule is O=C(Cc1ccc(NCc2ccco2)cc1)N1CCCC1. The number of rotatable bonds is 5. The molecular weight excluding hydrogens is 264 g/mol. The highest BCUT2D eigenvalue weighted by Crippen LogP contribution is 2.14. The first-order valence-corrected chi connectivity index (χ1v) is 7.44. The maximum atomic E-state index is 12.1. The number of hydrogen-bond donors (Lipinski definition) is 1. The van der Waals surface area contributed by atoms with Crippen molar-refractivity contribution in [1.29, 1.82) is 0 Å². The molecule has 1 aromatic heterocycles.